The van der Waals surface area contributed by atoms with E-state index in [4.69, 9.17) is 0 Å². The molecule has 3 aromatic carbocycles. The summed E-state index contributed by atoms with van der Waals surface area (Å²) in [6.45, 7) is 11.0. The molecule has 0 fully saturated rings. The monoisotopic (exact) mass is 468 g/mol. The third kappa shape index (κ3) is 6.72. The minimum Gasteiger partial charge on any atom is -1.00 e. The molecule has 0 aliphatic rings. The van der Waals surface area contributed by atoms with Crippen molar-refractivity contribution >= 4 is 0 Å². The second-order valence-electron chi connectivity index (χ2n) is 7.14. The Bertz CT molecular complexity index is 776. The van der Waals surface area contributed by atoms with E-state index < -0.39 is 0 Å². The molecule has 0 radical (unpaired) electrons. The van der Waals surface area contributed by atoms with Crippen LogP contribution in [0.15, 0.2) is 54.6 Å². The minimum absolute atomic E-state index is 0. The Morgan fingerprint density at radius 2 is 1.11 bits per heavy atom. The van der Waals surface area contributed by atoms with Crippen molar-refractivity contribution in [3.8, 4) is 0 Å². The number of aryl methyl sites for hydroxylation is 5. The molecule has 0 unspecified atom stereocenters. The summed E-state index contributed by atoms with van der Waals surface area (Å²) in [5.41, 5.74) is 11.1. The van der Waals surface area contributed by atoms with Crippen molar-refractivity contribution in [1.29, 1.82) is 0 Å². The van der Waals surface area contributed by atoms with Crippen molar-refractivity contribution < 1.29 is 58.9 Å². The van der Waals surface area contributed by atoms with Gasteiger partial charge in [-0.3, -0.25) is 0 Å². The summed E-state index contributed by atoms with van der Waals surface area (Å²) in [4.78, 5) is 0. The summed E-state index contributed by atoms with van der Waals surface area (Å²) < 4.78 is 0. The number of hydrogen-bond acceptors (Lipinski definition) is 0. The van der Waals surface area contributed by atoms with Crippen LogP contribution in [0.3, 0.4) is 0 Å². The average molecular weight is 470 g/mol. The first-order valence-electron chi connectivity index (χ1n) is 8.88. The van der Waals surface area contributed by atoms with E-state index >= 15 is 0 Å². The molecule has 0 atom stereocenters. The van der Waals surface area contributed by atoms with E-state index in [1.165, 1.54) is 44.5 Å². The third-order valence-corrected chi connectivity index (χ3v) is 4.79. The van der Waals surface area contributed by atoms with Crippen molar-refractivity contribution in [2.45, 2.75) is 47.0 Å². The van der Waals surface area contributed by atoms with Gasteiger partial charge in [0.15, 0.2) is 0 Å². The molecule has 0 spiro atoms. The average Bonchev–Trinajstić information content (AvgIpc) is 2.93. The zero-order valence-electron chi connectivity index (χ0n) is 17.1. The van der Waals surface area contributed by atoms with E-state index in [2.05, 4.69) is 89.2 Å². The first kappa shape index (κ1) is 29.6. The molecule has 0 bridgehead atoms. The molecule has 0 aliphatic heterocycles. The van der Waals surface area contributed by atoms with Gasteiger partial charge in [0, 0.05) is 0 Å². The maximum absolute atomic E-state index is 2.35. The van der Waals surface area contributed by atoms with Crippen molar-refractivity contribution in [1.82, 2.24) is 0 Å². The third-order valence-electron chi connectivity index (χ3n) is 4.79. The van der Waals surface area contributed by atoms with Crippen LogP contribution >= 0.6 is 0 Å². The van der Waals surface area contributed by atoms with Gasteiger partial charge in [-0.25, -0.2) is 12.1 Å². The molecule has 4 heteroatoms. The minimum atomic E-state index is 0. The van der Waals surface area contributed by atoms with Crippen molar-refractivity contribution in [2.24, 2.45) is 0 Å². The van der Waals surface area contributed by atoms with Crippen molar-refractivity contribution in [2.75, 3.05) is 0 Å². The van der Waals surface area contributed by atoms with Gasteiger partial charge in [-0.05, 0) is 44.7 Å². The van der Waals surface area contributed by atoms with Crippen LogP contribution in [-0.2, 0) is 28.1 Å². The Morgan fingerprint density at radius 1 is 0.714 bits per heavy atom. The number of halogens is 3. The van der Waals surface area contributed by atoms with Crippen molar-refractivity contribution in [3.63, 3.8) is 0 Å². The summed E-state index contributed by atoms with van der Waals surface area (Å²) in [6.07, 6.45) is 1.08. The van der Waals surface area contributed by atoms with Gasteiger partial charge in [0.05, 0.1) is 0 Å². The molecule has 0 N–H and O–H groups in total. The van der Waals surface area contributed by atoms with E-state index in [1.54, 1.807) is 0 Å². The van der Waals surface area contributed by atoms with Crippen LogP contribution in [0, 0.1) is 27.7 Å². The zero-order valence-corrected chi connectivity index (χ0v) is 20.9. The summed E-state index contributed by atoms with van der Waals surface area (Å²) in [7, 11) is 0. The summed E-state index contributed by atoms with van der Waals surface area (Å²) in [5, 5.41) is 0. The fraction of sp³-hybridized carbons (Fsp3) is 0.292. The first-order valence-corrected chi connectivity index (χ1v) is 8.88. The standard InChI is InChI=1S/C24H27.3ClH.Ti/c1-6-20-8-7-9-23(20)24(21-12-16(2)10-17(3)13-21)22-14-18(4)11-19(5)15-22;;;;/h7-15,24H,6H2,1-5H3;3*1H;/q-1;;;;+4/p-3. The largest absolute Gasteiger partial charge is 4.00 e. The molecule has 3 aromatic rings. The van der Waals surface area contributed by atoms with Gasteiger partial charge in [-0.1, -0.05) is 72.0 Å². The second-order valence-corrected chi connectivity index (χ2v) is 7.14. The molecule has 0 aliphatic carbocycles. The summed E-state index contributed by atoms with van der Waals surface area (Å²) >= 11 is 0. The molecule has 0 aromatic heterocycles. The van der Waals surface area contributed by atoms with E-state index in [9.17, 15) is 0 Å². The smallest absolute Gasteiger partial charge is 1.00 e. The van der Waals surface area contributed by atoms with Crippen LogP contribution in [0.1, 0.15) is 57.3 Å². The molecule has 0 amide bonds. The molecule has 148 valence electrons. The van der Waals surface area contributed by atoms with Crippen LogP contribution in [-0.4, -0.2) is 0 Å². The summed E-state index contributed by atoms with van der Waals surface area (Å²) in [5.74, 6) is 0.312. The van der Waals surface area contributed by atoms with E-state index in [1.807, 2.05) is 0 Å². The molecular weight excluding hydrogens is 442 g/mol. The van der Waals surface area contributed by atoms with Gasteiger partial charge in [0.1, 0.15) is 0 Å². The van der Waals surface area contributed by atoms with Gasteiger partial charge >= 0.3 is 21.7 Å². The Hall–Kier alpha value is -0.626. The quantitative estimate of drug-likeness (QED) is 0.290. The van der Waals surface area contributed by atoms with Gasteiger partial charge in [0.25, 0.3) is 0 Å². The van der Waals surface area contributed by atoms with E-state index in [-0.39, 0.29) is 58.9 Å². The SMILES string of the molecule is CCc1ccc[c-]1C(c1cc(C)cc(C)c1)c1cc(C)cc(C)c1.[Cl-].[Cl-].[Cl-].[Ti+4]. The van der Waals surface area contributed by atoms with Crippen LogP contribution in [0.2, 0.25) is 0 Å². The molecule has 0 saturated carbocycles. The first-order chi connectivity index (χ1) is 11.5. The summed E-state index contributed by atoms with van der Waals surface area (Å²) in [6, 6.07) is 20.7. The predicted octanol–water partition coefficient (Wildman–Crippen LogP) is -2.61. The Labute approximate surface area is 204 Å². The van der Waals surface area contributed by atoms with Crippen LogP contribution in [0.25, 0.3) is 0 Å². The van der Waals surface area contributed by atoms with Crippen LogP contribution in [0.5, 0.6) is 0 Å². The number of rotatable bonds is 4. The maximum atomic E-state index is 2.35. The Balaban J connectivity index is 0. The number of benzene rings is 2. The number of hydrogen-bond donors (Lipinski definition) is 0. The maximum Gasteiger partial charge on any atom is 4.00 e. The molecule has 0 nitrogen and oxygen atoms in total. The second kappa shape index (κ2) is 12.8. The predicted molar refractivity (Wildman–Crippen MR) is 104 cm³/mol. The van der Waals surface area contributed by atoms with Crippen LogP contribution < -0.4 is 37.2 Å². The Kier molecular flexibility index (Phi) is 13.6. The molecule has 0 saturated heterocycles. The van der Waals surface area contributed by atoms with Crippen LogP contribution in [0.4, 0.5) is 0 Å². The van der Waals surface area contributed by atoms with Gasteiger partial charge in [0.2, 0.25) is 0 Å². The molecular formula is C24H27Cl3Ti. The van der Waals surface area contributed by atoms with Gasteiger partial charge in [-0.15, -0.1) is 5.56 Å². The van der Waals surface area contributed by atoms with E-state index in [0.29, 0.717) is 5.92 Å². The molecule has 28 heavy (non-hydrogen) atoms. The zero-order chi connectivity index (χ0) is 17.3. The van der Waals surface area contributed by atoms with Gasteiger partial charge in [-0.2, -0.15) is 11.6 Å². The van der Waals surface area contributed by atoms with Crippen molar-refractivity contribution in [3.05, 3.63) is 99.1 Å². The normalized spacial score (nSPS) is 9.64. The fourth-order valence-electron chi connectivity index (χ4n) is 3.98. The topological polar surface area (TPSA) is 0 Å². The molecule has 3 rings (SSSR count). The fourth-order valence-corrected chi connectivity index (χ4v) is 3.98. The van der Waals surface area contributed by atoms with E-state index in [0.717, 1.165) is 6.42 Å². The van der Waals surface area contributed by atoms with Gasteiger partial charge < -0.3 is 37.2 Å². The molecule has 0 heterocycles. The Morgan fingerprint density at radius 3 is 1.46 bits per heavy atom.